The molecule has 3 aromatic rings. The van der Waals surface area contributed by atoms with Gasteiger partial charge in [-0.05, 0) is 72.0 Å². The normalized spacial score (nSPS) is 11.7. The number of anilines is 1. The topological polar surface area (TPSA) is 83.4 Å². The average molecular weight is 561 g/mol. The van der Waals surface area contributed by atoms with Gasteiger partial charge >= 0.3 is 7.25 Å². The highest BCUT2D eigenvalue weighted by Gasteiger charge is 2.29. The Labute approximate surface area is 245 Å². The fraction of sp³-hybridized carbons (Fsp3) is 0.394. The number of aliphatic hydroxyl groups is 2. The van der Waals surface area contributed by atoms with E-state index in [9.17, 15) is 10.2 Å². The van der Waals surface area contributed by atoms with Gasteiger partial charge in [0.25, 0.3) is 0 Å². The van der Waals surface area contributed by atoms with Gasteiger partial charge in [-0.1, -0.05) is 74.9 Å². The quantitative estimate of drug-likeness (QED) is 0.105. The third kappa shape index (κ3) is 9.73. The zero-order valence-corrected chi connectivity index (χ0v) is 24.7. The Kier molecular flexibility index (Phi) is 14.5. The van der Waals surface area contributed by atoms with Crippen LogP contribution in [0.4, 0.5) is 5.69 Å². The Morgan fingerprint density at radius 1 is 0.780 bits per heavy atom. The van der Waals surface area contributed by atoms with Crippen LogP contribution in [0, 0.1) is 0 Å². The molecule has 220 valence electrons. The summed E-state index contributed by atoms with van der Waals surface area (Å²) in [4.78, 5) is 2.05. The number of likely N-dealkylation sites (N-methyl/N-ethyl adjacent to an activating group) is 1. The van der Waals surface area contributed by atoms with Gasteiger partial charge in [0, 0.05) is 18.8 Å². The van der Waals surface area contributed by atoms with Gasteiger partial charge in [-0.3, -0.25) is 0 Å². The van der Waals surface area contributed by atoms with Crippen molar-refractivity contribution in [2.45, 2.75) is 33.1 Å². The van der Waals surface area contributed by atoms with E-state index in [1.54, 1.807) is 0 Å². The van der Waals surface area contributed by atoms with Crippen LogP contribution in [-0.2, 0) is 9.31 Å². The summed E-state index contributed by atoms with van der Waals surface area (Å²) in [6, 6.07) is 27.3. The highest BCUT2D eigenvalue weighted by molar-refractivity contribution is 6.49. The number of unbranched alkanes of at least 4 members (excludes halogenated alkanes) is 1. The smallest absolute Gasteiger partial charge is 0.492 e. The number of allylic oxidation sites excluding steroid dienone is 1. The van der Waals surface area contributed by atoms with Crippen molar-refractivity contribution in [3.05, 3.63) is 95.6 Å². The van der Waals surface area contributed by atoms with Crippen molar-refractivity contribution in [3.63, 3.8) is 0 Å². The summed E-state index contributed by atoms with van der Waals surface area (Å²) in [6.07, 6.45) is 2.83. The SMILES string of the molecule is CCCCN(B(OCCO)OCCO)c1ccc(C(=C(CC)c2ccccc2)c2ccc(OCCNC)cc2)cc1. The molecule has 0 spiro atoms. The van der Waals surface area contributed by atoms with E-state index in [2.05, 4.69) is 84.6 Å². The number of rotatable bonds is 19. The first-order valence-electron chi connectivity index (χ1n) is 14.6. The Balaban J connectivity index is 2.03. The van der Waals surface area contributed by atoms with E-state index in [4.69, 9.17) is 14.0 Å². The molecule has 7 nitrogen and oxygen atoms in total. The second-order valence-corrected chi connectivity index (χ2v) is 9.64. The van der Waals surface area contributed by atoms with Crippen LogP contribution in [0.2, 0.25) is 0 Å². The van der Waals surface area contributed by atoms with Crippen LogP contribution in [-0.4, -0.2) is 70.6 Å². The summed E-state index contributed by atoms with van der Waals surface area (Å²) < 4.78 is 17.5. The fourth-order valence-corrected chi connectivity index (χ4v) is 4.71. The second kappa shape index (κ2) is 18.3. The third-order valence-corrected chi connectivity index (χ3v) is 6.74. The zero-order chi connectivity index (χ0) is 29.3. The predicted molar refractivity (Wildman–Crippen MR) is 169 cm³/mol. The van der Waals surface area contributed by atoms with Crippen LogP contribution in [0.3, 0.4) is 0 Å². The Morgan fingerprint density at radius 2 is 1.39 bits per heavy atom. The van der Waals surface area contributed by atoms with Crippen molar-refractivity contribution in [2.75, 3.05) is 58.0 Å². The van der Waals surface area contributed by atoms with E-state index in [1.165, 1.54) is 16.7 Å². The molecule has 0 saturated carbocycles. The lowest BCUT2D eigenvalue weighted by Crippen LogP contribution is -2.46. The Bertz CT molecular complexity index is 1150. The maximum Gasteiger partial charge on any atom is 0.593 e. The molecule has 41 heavy (non-hydrogen) atoms. The number of nitrogens with one attached hydrogen (secondary N) is 1. The van der Waals surface area contributed by atoms with Crippen LogP contribution in [0.1, 0.15) is 49.8 Å². The number of nitrogens with zero attached hydrogens (tertiary/aromatic N) is 1. The van der Waals surface area contributed by atoms with Gasteiger partial charge in [0.05, 0.1) is 26.4 Å². The zero-order valence-electron chi connectivity index (χ0n) is 24.7. The second-order valence-electron chi connectivity index (χ2n) is 9.64. The highest BCUT2D eigenvalue weighted by Crippen LogP contribution is 2.36. The van der Waals surface area contributed by atoms with Gasteiger partial charge in [0.2, 0.25) is 0 Å². The average Bonchev–Trinajstić information content (AvgIpc) is 3.02. The number of hydrogen-bond donors (Lipinski definition) is 3. The molecule has 0 aliphatic heterocycles. The molecule has 0 aliphatic rings. The molecule has 0 aliphatic carbocycles. The lowest BCUT2D eigenvalue weighted by atomic mass is 9.88. The molecule has 0 radical (unpaired) electrons. The maximum atomic E-state index is 9.35. The summed E-state index contributed by atoms with van der Waals surface area (Å²) in [5.74, 6) is 0.847. The van der Waals surface area contributed by atoms with E-state index in [0.29, 0.717) is 6.61 Å². The van der Waals surface area contributed by atoms with Gasteiger partial charge in [-0.2, -0.15) is 0 Å². The van der Waals surface area contributed by atoms with Crippen LogP contribution in [0.25, 0.3) is 11.1 Å². The lowest BCUT2D eigenvalue weighted by Gasteiger charge is -2.29. The highest BCUT2D eigenvalue weighted by atomic mass is 16.6. The van der Waals surface area contributed by atoms with Crippen molar-refractivity contribution < 1.29 is 24.3 Å². The van der Waals surface area contributed by atoms with Crippen molar-refractivity contribution >= 4 is 24.1 Å². The molecule has 3 rings (SSSR count). The van der Waals surface area contributed by atoms with Gasteiger partial charge in [-0.15, -0.1) is 0 Å². The van der Waals surface area contributed by atoms with Crippen molar-refractivity contribution in [1.82, 2.24) is 5.32 Å². The van der Waals surface area contributed by atoms with Crippen LogP contribution in [0.5, 0.6) is 5.75 Å². The molecule has 3 N–H and O–H groups in total. The largest absolute Gasteiger partial charge is 0.593 e. The molecule has 0 heterocycles. The van der Waals surface area contributed by atoms with Gasteiger partial charge in [0.15, 0.2) is 0 Å². The maximum absolute atomic E-state index is 9.35. The first-order chi connectivity index (χ1) is 20.2. The standard InChI is InChI=1S/C33H45BN2O5/c1-4-6-21-36(34(40-25-22-37)41-26-23-38)30-16-12-28(13-17-30)33(32(5-2)27-10-8-7-9-11-27)29-14-18-31(19-15-29)39-24-20-35-3/h7-19,35,37-38H,4-6,20-26H2,1-3H3. The third-order valence-electron chi connectivity index (χ3n) is 6.74. The number of ether oxygens (including phenoxy) is 1. The molecule has 3 aromatic carbocycles. The van der Waals surface area contributed by atoms with Crippen LogP contribution >= 0.6 is 0 Å². The monoisotopic (exact) mass is 560 g/mol. The van der Waals surface area contributed by atoms with E-state index >= 15 is 0 Å². The molecule has 8 heteroatoms. The van der Waals surface area contributed by atoms with E-state index in [0.717, 1.165) is 54.9 Å². The van der Waals surface area contributed by atoms with Crippen LogP contribution < -0.4 is 14.9 Å². The molecule has 0 unspecified atom stereocenters. The summed E-state index contributed by atoms with van der Waals surface area (Å²) in [5.41, 5.74) is 6.82. The molecule has 0 amide bonds. The molecule has 0 saturated heterocycles. The predicted octanol–water partition coefficient (Wildman–Crippen LogP) is 5.26. The van der Waals surface area contributed by atoms with Crippen molar-refractivity contribution in [2.24, 2.45) is 0 Å². The number of hydrogen-bond acceptors (Lipinski definition) is 7. The summed E-state index contributed by atoms with van der Waals surface area (Å²) in [7, 11) is 1.21. The summed E-state index contributed by atoms with van der Waals surface area (Å²) in [6.45, 7) is 6.55. The molecule has 0 bridgehead atoms. The fourth-order valence-electron chi connectivity index (χ4n) is 4.71. The Morgan fingerprint density at radius 3 is 1.93 bits per heavy atom. The summed E-state index contributed by atoms with van der Waals surface area (Å²) in [5, 5.41) is 21.8. The van der Waals surface area contributed by atoms with Crippen LogP contribution in [0.15, 0.2) is 78.9 Å². The van der Waals surface area contributed by atoms with Crippen molar-refractivity contribution in [3.8, 4) is 5.75 Å². The Hall–Kier alpha value is -3.14. The minimum atomic E-state index is -0.701. The first kappa shape index (κ1) is 32.4. The van der Waals surface area contributed by atoms with Crippen molar-refractivity contribution in [1.29, 1.82) is 0 Å². The number of benzene rings is 3. The lowest BCUT2D eigenvalue weighted by molar-refractivity contribution is 0.131. The van der Waals surface area contributed by atoms with E-state index in [1.807, 2.05) is 25.2 Å². The first-order valence-corrected chi connectivity index (χ1v) is 14.6. The molecule has 0 fully saturated rings. The van der Waals surface area contributed by atoms with E-state index < -0.39 is 7.25 Å². The molecule has 0 atom stereocenters. The minimum Gasteiger partial charge on any atom is -0.492 e. The molecule has 0 aromatic heterocycles. The minimum absolute atomic E-state index is 0.105. The molecular formula is C33H45BN2O5. The van der Waals surface area contributed by atoms with Gasteiger partial charge in [-0.25, -0.2) is 0 Å². The summed E-state index contributed by atoms with van der Waals surface area (Å²) >= 11 is 0. The van der Waals surface area contributed by atoms with Gasteiger partial charge in [0.1, 0.15) is 12.4 Å². The van der Waals surface area contributed by atoms with Gasteiger partial charge < -0.3 is 34.4 Å². The van der Waals surface area contributed by atoms with E-state index in [-0.39, 0.29) is 26.4 Å². The number of aliphatic hydroxyl groups excluding tert-OH is 2. The molecular weight excluding hydrogens is 515 g/mol.